The first-order valence-corrected chi connectivity index (χ1v) is 18.4. The van der Waals surface area contributed by atoms with E-state index in [2.05, 4.69) is 16.1 Å². The average molecular weight is 750 g/mol. The zero-order chi connectivity index (χ0) is 38.6. The minimum atomic E-state index is -1.38. The SMILES string of the molecule is COc1cccc(ONC(=O)[C@@]23C[C@H]2C=CCCCCC[C@H](NC(=O)OC(C)(C)C)C(=O)N2C[C@H](OC(=O)N4Cc5cccc(F)c5C4)C[C@H]2C(=O)N3)c1. The smallest absolute Gasteiger partial charge is 0.410 e. The van der Waals surface area contributed by atoms with Crippen molar-refractivity contribution in [3.63, 3.8) is 0 Å². The second-order valence-corrected chi connectivity index (χ2v) is 15.2. The van der Waals surface area contributed by atoms with Crippen LogP contribution in [-0.4, -0.2) is 82.7 Å². The molecule has 0 aromatic heterocycles. The molecule has 0 spiro atoms. The van der Waals surface area contributed by atoms with Gasteiger partial charge in [0.15, 0.2) is 5.75 Å². The third-order valence-corrected chi connectivity index (χ3v) is 10.1. The summed E-state index contributed by atoms with van der Waals surface area (Å²) in [6.07, 6.45) is 4.87. The number of allylic oxidation sites excluding steroid dienone is 1. The van der Waals surface area contributed by atoms with E-state index in [1.807, 2.05) is 12.2 Å². The minimum Gasteiger partial charge on any atom is -0.497 e. The number of amides is 5. The molecule has 3 heterocycles. The molecule has 15 heteroatoms. The van der Waals surface area contributed by atoms with Gasteiger partial charge in [-0.15, -0.1) is 0 Å². The van der Waals surface area contributed by atoms with Crippen molar-refractivity contribution in [2.75, 3.05) is 13.7 Å². The number of hydrogen-bond donors (Lipinski definition) is 3. The zero-order valence-electron chi connectivity index (χ0n) is 31.0. The van der Waals surface area contributed by atoms with Crippen molar-refractivity contribution in [3.8, 4) is 11.5 Å². The highest BCUT2D eigenvalue weighted by Crippen LogP contribution is 2.45. The van der Waals surface area contributed by atoms with Gasteiger partial charge in [0.1, 0.15) is 40.9 Å². The molecule has 2 fully saturated rings. The van der Waals surface area contributed by atoms with E-state index >= 15 is 0 Å². The van der Waals surface area contributed by atoms with Gasteiger partial charge in [-0.05, 0) is 70.2 Å². The van der Waals surface area contributed by atoms with Gasteiger partial charge in [-0.1, -0.05) is 43.2 Å². The van der Waals surface area contributed by atoms with Gasteiger partial charge in [0, 0.05) is 30.5 Å². The van der Waals surface area contributed by atoms with Crippen molar-refractivity contribution in [2.24, 2.45) is 5.92 Å². The number of nitrogens with zero attached hydrogens (tertiary/aromatic N) is 2. The van der Waals surface area contributed by atoms with Gasteiger partial charge >= 0.3 is 12.2 Å². The Morgan fingerprint density at radius 3 is 2.56 bits per heavy atom. The Labute approximate surface area is 313 Å². The molecule has 1 saturated carbocycles. The Hall–Kier alpha value is -5.34. The van der Waals surface area contributed by atoms with Crippen molar-refractivity contribution in [3.05, 3.63) is 71.6 Å². The van der Waals surface area contributed by atoms with Crippen molar-refractivity contribution in [1.82, 2.24) is 25.9 Å². The molecule has 54 heavy (non-hydrogen) atoms. The first-order valence-electron chi connectivity index (χ1n) is 18.4. The molecular weight excluding hydrogens is 701 g/mol. The number of hydrogen-bond acceptors (Lipinski definition) is 9. The molecule has 6 rings (SSSR count). The summed E-state index contributed by atoms with van der Waals surface area (Å²) < 4.78 is 31.0. The molecule has 1 aliphatic carbocycles. The zero-order valence-corrected chi connectivity index (χ0v) is 31.0. The Morgan fingerprint density at radius 2 is 1.80 bits per heavy atom. The highest BCUT2D eigenvalue weighted by molar-refractivity contribution is 5.98. The predicted octanol–water partition coefficient (Wildman–Crippen LogP) is 4.65. The van der Waals surface area contributed by atoms with Crippen LogP contribution < -0.4 is 25.7 Å². The van der Waals surface area contributed by atoms with E-state index in [1.54, 1.807) is 57.2 Å². The van der Waals surface area contributed by atoms with E-state index in [9.17, 15) is 28.4 Å². The van der Waals surface area contributed by atoms with Crippen LogP contribution in [0.5, 0.6) is 11.5 Å². The van der Waals surface area contributed by atoms with Crippen LogP contribution in [0.15, 0.2) is 54.6 Å². The van der Waals surface area contributed by atoms with Crippen LogP contribution in [-0.2, 0) is 36.9 Å². The molecule has 5 atom stereocenters. The van der Waals surface area contributed by atoms with Gasteiger partial charge in [-0.3, -0.25) is 19.3 Å². The monoisotopic (exact) mass is 749 g/mol. The lowest BCUT2D eigenvalue weighted by molar-refractivity contribution is -0.142. The molecule has 5 amide bonds. The number of hydroxylamine groups is 1. The number of carbonyl (C=O) groups excluding carboxylic acids is 5. The molecule has 2 aromatic rings. The molecule has 290 valence electrons. The molecule has 4 aliphatic rings. The van der Waals surface area contributed by atoms with Crippen LogP contribution in [0.2, 0.25) is 0 Å². The number of ether oxygens (including phenoxy) is 3. The highest BCUT2D eigenvalue weighted by Gasteiger charge is 2.61. The van der Waals surface area contributed by atoms with Gasteiger partial charge < -0.3 is 34.6 Å². The Morgan fingerprint density at radius 1 is 1.02 bits per heavy atom. The van der Waals surface area contributed by atoms with Crippen molar-refractivity contribution >= 4 is 29.9 Å². The van der Waals surface area contributed by atoms with E-state index in [1.165, 1.54) is 23.0 Å². The number of rotatable bonds is 6. The second kappa shape index (κ2) is 15.9. The quantitative estimate of drug-likeness (QED) is 0.282. The van der Waals surface area contributed by atoms with E-state index in [4.69, 9.17) is 19.0 Å². The molecule has 3 aliphatic heterocycles. The van der Waals surface area contributed by atoms with Crippen molar-refractivity contribution in [2.45, 2.75) is 108 Å². The molecule has 14 nitrogen and oxygen atoms in total. The molecule has 3 N–H and O–H groups in total. The van der Waals surface area contributed by atoms with Gasteiger partial charge in [-0.2, -0.15) is 5.48 Å². The summed E-state index contributed by atoms with van der Waals surface area (Å²) in [7, 11) is 1.51. The summed E-state index contributed by atoms with van der Waals surface area (Å²) in [5.74, 6) is -1.68. The van der Waals surface area contributed by atoms with Crippen LogP contribution in [0.3, 0.4) is 0 Å². The van der Waals surface area contributed by atoms with E-state index in [0.717, 1.165) is 19.3 Å². The van der Waals surface area contributed by atoms with Crippen molar-refractivity contribution in [1.29, 1.82) is 0 Å². The molecule has 0 bridgehead atoms. The lowest BCUT2D eigenvalue weighted by Crippen LogP contribution is -2.58. The van der Waals surface area contributed by atoms with Crippen LogP contribution in [0.4, 0.5) is 14.0 Å². The summed E-state index contributed by atoms with van der Waals surface area (Å²) >= 11 is 0. The number of nitrogens with one attached hydrogen (secondary N) is 3. The van der Waals surface area contributed by atoms with Gasteiger partial charge in [0.2, 0.25) is 11.8 Å². The Kier molecular flexibility index (Phi) is 11.3. The van der Waals surface area contributed by atoms with E-state index in [0.29, 0.717) is 29.0 Å². The minimum absolute atomic E-state index is 0.0202. The maximum atomic E-state index is 14.4. The fourth-order valence-corrected chi connectivity index (χ4v) is 7.20. The van der Waals surface area contributed by atoms with Crippen LogP contribution in [0.1, 0.15) is 76.8 Å². The summed E-state index contributed by atoms with van der Waals surface area (Å²) in [5.41, 5.74) is 1.35. The standard InChI is InChI=1S/C39H48FN5O9/c1-38(2,3)53-36(49)41-31-17-9-7-5-6-8-13-25-20-39(25,35(48)43-54-27-15-11-14-26(18-27)51-4)42-33(46)32-19-28(22-45(32)34(31)47)52-37(50)44-21-24-12-10-16-30(40)29(24)23-44/h8,10-16,18,25,28,31-32H,5-7,9,17,19-23H2,1-4H3,(H,41,49)(H,42,46)(H,43,48)/t25-,28-,31+,32+,39-/m1/s1. The Bertz CT molecular complexity index is 1800. The third-order valence-electron chi connectivity index (χ3n) is 10.1. The molecule has 0 unspecified atom stereocenters. The number of alkyl carbamates (subject to hydrolysis) is 1. The molecule has 0 radical (unpaired) electrons. The van der Waals surface area contributed by atoms with Crippen LogP contribution in [0.25, 0.3) is 0 Å². The van der Waals surface area contributed by atoms with Gasteiger partial charge in [0.25, 0.3) is 5.91 Å². The first kappa shape index (κ1) is 38.4. The topological polar surface area (TPSA) is 165 Å². The maximum Gasteiger partial charge on any atom is 0.410 e. The first-order chi connectivity index (χ1) is 25.8. The summed E-state index contributed by atoms with van der Waals surface area (Å²) in [6, 6.07) is 9.12. The fraction of sp³-hybridized carbons (Fsp3) is 0.513. The van der Waals surface area contributed by atoms with Crippen LogP contribution in [0, 0.1) is 11.7 Å². The van der Waals surface area contributed by atoms with Gasteiger partial charge in [0.05, 0.1) is 20.2 Å². The van der Waals surface area contributed by atoms with Crippen LogP contribution >= 0.6 is 0 Å². The largest absolute Gasteiger partial charge is 0.497 e. The summed E-state index contributed by atoms with van der Waals surface area (Å²) in [5, 5.41) is 5.62. The number of fused-ring (bicyclic) bond motifs is 3. The second-order valence-electron chi connectivity index (χ2n) is 15.2. The number of benzene rings is 2. The van der Waals surface area contributed by atoms with Gasteiger partial charge in [-0.25, -0.2) is 14.0 Å². The lowest BCUT2D eigenvalue weighted by Gasteiger charge is -2.30. The third kappa shape index (κ3) is 8.88. The lowest BCUT2D eigenvalue weighted by atomic mass is 10.0. The van der Waals surface area contributed by atoms with Crippen molar-refractivity contribution < 1.29 is 47.4 Å². The number of carbonyl (C=O) groups is 5. The number of halogens is 1. The van der Waals surface area contributed by atoms with E-state index < -0.39 is 65.1 Å². The average Bonchev–Trinajstić information content (AvgIpc) is 3.42. The predicted molar refractivity (Wildman–Crippen MR) is 192 cm³/mol. The normalized spacial score (nSPS) is 25.5. The highest BCUT2D eigenvalue weighted by atomic mass is 19.1. The molecule has 1 saturated heterocycles. The van der Waals surface area contributed by atoms with E-state index in [-0.39, 0.29) is 44.8 Å². The maximum absolute atomic E-state index is 14.4. The number of methoxy groups -OCH3 is 1. The molecular formula is C39H48FN5O9. The fourth-order valence-electron chi connectivity index (χ4n) is 7.20. The molecule has 2 aromatic carbocycles. The Balaban J connectivity index is 1.23. The summed E-state index contributed by atoms with van der Waals surface area (Å²) in [4.78, 5) is 77.0. The summed E-state index contributed by atoms with van der Waals surface area (Å²) in [6.45, 7) is 5.16.